The number of pyridine rings is 1. The largest absolute Gasteiger partial charge is 0.370 e. The molecule has 0 spiro atoms. The highest BCUT2D eigenvalue weighted by atomic mass is 16.2. The number of nitrogens with zero attached hydrogens (tertiary/aromatic N) is 2. The SMILES string of the molecule is CC(=O)C(c1ccccc1)C1CCN(C(=O)CCCCc2ccc3c(n2)NCCC3)CC1. The number of hydrogen-bond acceptors (Lipinski definition) is 4. The number of benzene rings is 1. The molecule has 0 bridgehead atoms. The Hall–Kier alpha value is -2.69. The van der Waals surface area contributed by atoms with Crippen LogP contribution in [0.4, 0.5) is 5.82 Å². The molecule has 3 heterocycles. The first-order valence-electron chi connectivity index (χ1n) is 12.2. The smallest absolute Gasteiger partial charge is 0.222 e. The summed E-state index contributed by atoms with van der Waals surface area (Å²) >= 11 is 0. The van der Waals surface area contributed by atoms with Gasteiger partial charge in [0.15, 0.2) is 0 Å². The van der Waals surface area contributed by atoms with Crippen LogP contribution in [0, 0.1) is 5.92 Å². The van der Waals surface area contributed by atoms with Crippen LogP contribution in [0.25, 0.3) is 0 Å². The Bertz CT molecular complexity index is 920. The Kier molecular flexibility index (Phi) is 7.56. The van der Waals surface area contributed by atoms with Gasteiger partial charge in [0.2, 0.25) is 5.91 Å². The summed E-state index contributed by atoms with van der Waals surface area (Å²) in [6.07, 6.45) is 7.48. The Morgan fingerprint density at radius 1 is 1.09 bits per heavy atom. The maximum atomic E-state index is 12.7. The predicted octanol–water partition coefficient (Wildman–Crippen LogP) is 4.76. The van der Waals surface area contributed by atoms with Crippen molar-refractivity contribution in [2.75, 3.05) is 25.0 Å². The van der Waals surface area contributed by atoms with Crippen molar-refractivity contribution in [1.29, 1.82) is 0 Å². The number of carbonyl (C=O) groups excluding carboxylic acids is 2. The van der Waals surface area contributed by atoms with Gasteiger partial charge in [-0.25, -0.2) is 4.98 Å². The lowest BCUT2D eigenvalue weighted by Gasteiger charge is -2.35. The van der Waals surface area contributed by atoms with Gasteiger partial charge in [-0.05, 0) is 75.0 Å². The van der Waals surface area contributed by atoms with Gasteiger partial charge in [0.1, 0.15) is 11.6 Å². The van der Waals surface area contributed by atoms with Gasteiger partial charge >= 0.3 is 0 Å². The number of aromatic nitrogens is 1. The van der Waals surface area contributed by atoms with Gasteiger partial charge in [-0.15, -0.1) is 0 Å². The molecule has 1 atom stereocenters. The van der Waals surface area contributed by atoms with Gasteiger partial charge in [-0.2, -0.15) is 0 Å². The van der Waals surface area contributed by atoms with Crippen LogP contribution in [0.1, 0.15) is 68.2 Å². The highest BCUT2D eigenvalue weighted by Crippen LogP contribution is 2.33. The van der Waals surface area contributed by atoms with Crippen LogP contribution >= 0.6 is 0 Å². The molecule has 170 valence electrons. The summed E-state index contributed by atoms with van der Waals surface area (Å²) in [5, 5.41) is 3.39. The second-order valence-electron chi connectivity index (χ2n) is 9.26. The van der Waals surface area contributed by atoms with E-state index in [-0.39, 0.29) is 17.6 Å². The third-order valence-corrected chi connectivity index (χ3v) is 6.99. The van der Waals surface area contributed by atoms with Crippen molar-refractivity contribution in [3.63, 3.8) is 0 Å². The third-order valence-electron chi connectivity index (χ3n) is 6.99. The molecule has 5 heteroatoms. The van der Waals surface area contributed by atoms with E-state index in [0.29, 0.717) is 12.3 Å². The van der Waals surface area contributed by atoms with E-state index in [1.165, 1.54) is 12.0 Å². The quantitative estimate of drug-likeness (QED) is 0.610. The summed E-state index contributed by atoms with van der Waals surface area (Å²) in [5.74, 6) is 1.80. The number of unbranched alkanes of at least 4 members (excludes halogenated alkanes) is 1. The Morgan fingerprint density at radius 2 is 1.88 bits per heavy atom. The molecule has 2 aliphatic heterocycles. The molecule has 0 radical (unpaired) electrons. The number of fused-ring (bicyclic) bond motifs is 1. The number of nitrogens with one attached hydrogen (secondary N) is 1. The molecule has 1 saturated heterocycles. The number of likely N-dealkylation sites (tertiary alicyclic amines) is 1. The minimum absolute atomic E-state index is 0.0490. The van der Waals surface area contributed by atoms with Gasteiger partial charge in [0, 0.05) is 37.7 Å². The van der Waals surface area contributed by atoms with Crippen LogP contribution in [-0.4, -0.2) is 41.2 Å². The lowest BCUT2D eigenvalue weighted by Crippen LogP contribution is -2.40. The van der Waals surface area contributed by atoms with Crippen LogP contribution in [0.2, 0.25) is 0 Å². The lowest BCUT2D eigenvalue weighted by molar-refractivity contribution is -0.133. The average Bonchev–Trinajstić information content (AvgIpc) is 2.82. The molecule has 0 saturated carbocycles. The molecule has 4 rings (SSSR count). The van der Waals surface area contributed by atoms with Gasteiger partial charge in [0.25, 0.3) is 0 Å². The third kappa shape index (κ3) is 5.56. The lowest BCUT2D eigenvalue weighted by atomic mass is 9.78. The zero-order chi connectivity index (χ0) is 22.3. The van der Waals surface area contributed by atoms with Crippen molar-refractivity contribution in [2.24, 2.45) is 5.92 Å². The van der Waals surface area contributed by atoms with E-state index in [0.717, 1.165) is 75.2 Å². The van der Waals surface area contributed by atoms with Crippen molar-refractivity contribution in [3.8, 4) is 0 Å². The number of anilines is 1. The van der Waals surface area contributed by atoms with E-state index < -0.39 is 0 Å². The number of carbonyl (C=O) groups is 2. The van der Waals surface area contributed by atoms with Crippen LogP contribution in [0.3, 0.4) is 0 Å². The molecule has 1 amide bonds. The molecule has 2 aromatic rings. The molecule has 32 heavy (non-hydrogen) atoms. The van der Waals surface area contributed by atoms with Crippen LogP contribution < -0.4 is 5.32 Å². The van der Waals surface area contributed by atoms with Gasteiger partial charge in [0.05, 0.1) is 0 Å². The van der Waals surface area contributed by atoms with E-state index in [4.69, 9.17) is 4.98 Å². The Balaban J connectivity index is 1.20. The molecule has 1 unspecified atom stereocenters. The van der Waals surface area contributed by atoms with Crippen molar-refractivity contribution in [2.45, 2.75) is 64.2 Å². The molecular weight excluding hydrogens is 398 g/mol. The first-order valence-corrected chi connectivity index (χ1v) is 12.2. The molecule has 1 aromatic carbocycles. The number of rotatable bonds is 8. The summed E-state index contributed by atoms with van der Waals surface area (Å²) in [4.78, 5) is 31.8. The molecule has 1 N–H and O–H groups in total. The molecule has 2 aliphatic rings. The maximum absolute atomic E-state index is 12.7. The fourth-order valence-electron chi connectivity index (χ4n) is 5.23. The summed E-state index contributed by atoms with van der Waals surface area (Å²) in [6.45, 7) is 4.23. The fraction of sp³-hybridized carbons (Fsp3) is 0.519. The monoisotopic (exact) mass is 433 g/mol. The summed E-state index contributed by atoms with van der Waals surface area (Å²) in [7, 11) is 0. The number of piperidine rings is 1. The molecule has 0 aliphatic carbocycles. The van der Waals surface area contributed by atoms with E-state index in [1.54, 1.807) is 6.92 Å². The van der Waals surface area contributed by atoms with Crippen molar-refractivity contribution >= 4 is 17.5 Å². The van der Waals surface area contributed by atoms with Gasteiger partial charge in [-0.1, -0.05) is 36.4 Å². The molecule has 1 aromatic heterocycles. The Labute approximate surface area is 191 Å². The molecule has 5 nitrogen and oxygen atoms in total. The highest BCUT2D eigenvalue weighted by Gasteiger charge is 2.31. The van der Waals surface area contributed by atoms with Gasteiger partial charge < -0.3 is 10.2 Å². The topological polar surface area (TPSA) is 62.3 Å². The zero-order valence-corrected chi connectivity index (χ0v) is 19.2. The fourth-order valence-corrected chi connectivity index (χ4v) is 5.23. The first-order chi connectivity index (χ1) is 15.6. The van der Waals surface area contributed by atoms with E-state index in [2.05, 4.69) is 29.6 Å². The molecular formula is C27H35N3O2. The second-order valence-corrected chi connectivity index (χ2v) is 9.26. The summed E-state index contributed by atoms with van der Waals surface area (Å²) < 4.78 is 0. The number of ketones is 1. The highest BCUT2D eigenvalue weighted by molar-refractivity contribution is 5.83. The number of aryl methyl sites for hydroxylation is 2. The normalized spacial score (nSPS) is 17.3. The number of hydrogen-bond donors (Lipinski definition) is 1. The van der Waals surface area contributed by atoms with E-state index >= 15 is 0 Å². The van der Waals surface area contributed by atoms with Crippen LogP contribution in [-0.2, 0) is 22.4 Å². The van der Waals surface area contributed by atoms with Crippen molar-refractivity contribution in [1.82, 2.24) is 9.88 Å². The van der Waals surface area contributed by atoms with Crippen LogP contribution in [0.15, 0.2) is 42.5 Å². The summed E-state index contributed by atoms with van der Waals surface area (Å²) in [6, 6.07) is 14.4. The van der Waals surface area contributed by atoms with E-state index in [1.807, 2.05) is 23.1 Å². The predicted molar refractivity (Wildman–Crippen MR) is 128 cm³/mol. The second kappa shape index (κ2) is 10.8. The van der Waals surface area contributed by atoms with Crippen molar-refractivity contribution in [3.05, 3.63) is 59.3 Å². The van der Waals surface area contributed by atoms with Gasteiger partial charge in [-0.3, -0.25) is 9.59 Å². The number of Topliss-reactive ketones (excluding diaryl/α,β-unsaturated/α-hetero) is 1. The average molecular weight is 434 g/mol. The number of amides is 1. The van der Waals surface area contributed by atoms with Crippen molar-refractivity contribution < 1.29 is 9.59 Å². The van der Waals surface area contributed by atoms with Crippen LogP contribution in [0.5, 0.6) is 0 Å². The minimum atomic E-state index is -0.0490. The standard InChI is InChI=1S/C27H35N3O2/c1-20(31)26(21-8-3-2-4-9-21)22-15-18-30(19-16-22)25(32)12-6-5-11-24-14-13-23-10-7-17-28-27(23)29-24/h2-4,8-9,13-14,22,26H,5-7,10-12,15-19H2,1H3,(H,28,29). The first kappa shape index (κ1) is 22.5. The zero-order valence-electron chi connectivity index (χ0n) is 19.2. The molecule has 1 fully saturated rings. The Morgan fingerprint density at radius 3 is 2.62 bits per heavy atom. The minimum Gasteiger partial charge on any atom is -0.370 e. The van der Waals surface area contributed by atoms with E-state index in [9.17, 15) is 9.59 Å². The maximum Gasteiger partial charge on any atom is 0.222 e. The summed E-state index contributed by atoms with van der Waals surface area (Å²) in [5.41, 5.74) is 3.54.